The molecular weight excluding hydrogens is 180 g/mol. The third-order valence-electron chi connectivity index (χ3n) is 2.01. The van der Waals surface area contributed by atoms with E-state index >= 15 is 0 Å². The fourth-order valence-electron chi connectivity index (χ4n) is 1.14. The lowest BCUT2D eigenvalue weighted by Crippen LogP contribution is -1.99. The molecule has 0 aromatic carbocycles. The molecule has 0 unspecified atom stereocenters. The van der Waals surface area contributed by atoms with E-state index in [2.05, 4.69) is 18.8 Å². The normalized spacial score (nSPS) is 10.7. The lowest BCUT2D eigenvalue weighted by atomic mass is 10.3. The van der Waals surface area contributed by atoms with Crippen molar-refractivity contribution >= 4 is 17.4 Å². The van der Waals surface area contributed by atoms with Crippen molar-refractivity contribution in [2.24, 2.45) is 0 Å². The number of anilines is 1. The van der Waals surface area contributed by atoms with Crippen LogP contribution in [0.5, 0.6) is 0 Å². The first-order chi connectivity index (χ1) is 6.27. The van der Waals surface area contributed by atoms with E-state index in [0.717, 1.165) is 10.6 Å². The molecule has 2 N–H and O–H groups in total. The molecule has 0 radical (unpaired) electrons. The minimum atomic E-state index is 0.671. The molecule has 72 valence electrons. The summed E-state index contributed by atoms with van der Waals surface area (Å²) in [6, 6.07) is 1.98. The van der Waals surface area contributed by atoms with Gasteiger partial charge in [0.05, 0.1) is 11.9 Å². The minimum absolute atomic E-state index is 0.671. The summed E-state index contributed by atoms with van der Waals surface area (Å²) in [4.78, 5) is 5.12. The zero-order valence-corrected chi connectivity index (χ0v) is 8.97. The monoisotopic (exact) mass is 196 g/mol. The zero-order valence-electron chi connectivity index (χ0n) is 8.16. The number of nitrogens with two attached hydrogens (primary N) is 1. The van der Waals surface area contributed by atoms with E-state index in [9.17, 15) is 0 Å². The summed E-state index contributed by atoms with van der Waals surface area (Å²) < 4.78 is 0. The van der Waals surface area contributed by atoms with Crippen LogP contribution in [0.3, 0.4) is 0 Å². The van der Waals surface area contributed by atoms with Crippen LogP contribution in [-0.4, -0.2) is 10.2 Å². The summed E-state index contributed by atoms with van der Waals surface area (Å²) in [5.74, 6) is 0. The lowest BCUT2D eigenvalue weighted by Gasteiger charge is -2.12. The van der Waals surface area contributed by atoms with Crippen molar-refractivity contribution in [3.63, 3.8) is 0 Å². The molecule has 1 aromatic rings. The number of pyridine rings is 1. The SMILES string of the molecule is CCC(CC)Sc1ccncc1N. The summed E-state index contributed by atoms with van der Waals surface area (Å²) in [6.45, 7) is 4.41. The Morgan fingerprint density at radius 3 is 2.69 bits per heavy atom. The third-order valence-corrected chi connectivity index (χ3v) is 3.64. The molecule has 1 heterocycles. The van der Waals surface area contributed by atoms with Gasteiger partial charge in [0.15, 0.2) is 0 Å². The van der Waals surface area contributed by atoms with Crippen molar-refractivity contribution < 1.29 is 0 Å². The molecule has 0 spiro atoms. The summed E-state index contributed by atoms with van der Waals surface area (Å²) in [6.07, 6.45) is 5.87. The van der Waals surface area contributed by atoms with Gasteiger partial charge in [-0.15, -0.1) is 11.8 Å². The zero-order chi connectivity index (χ0) is 9.68. The second kappa shape index (κ2) is 5.12. The summed E-state index contributed by atoms with van der Waals surface area (Å²) in [5.41, 5.74) is 6.59. The fourth-order valence-corrected chi connectivity index (χ4v) is 2.16. The van der Waals surface area contributed by atoms with Crippen LogP contribution in [0.2, 0.25) is 0 Å². The van der Waals surface area contributed by atoms with Crippen molar-refractivity contribution in [1.82, 2.24) is 4.98 Å². The quantitative estimate of drug-likeness (QED) is 0.752. The number of rotatable bonds is 4. The van der Waals surface area contributed by atoms with Crippen LogP contribution in [0, 0.1) is 0 Å². The molecule has 2 nitrogen and oxygen atoms in total. The van der Waals surface area contributed by atoms with Crippen molar-refractivity contribution in [3.05, 3.63) is 18.5 Å². The van der Waals surface area contributed by atoms with Gasteiger partial charge in [-0.05, 0) is 18.9 Å². The predicted octanol–water partition coefficient (Wildman–Crippen LogP) is 2.94. The highest BCUT2D eigenvalue weighted by Gasteiger charge is 2.07. The van der Waals surface area contributed by atoms with Crippen molar-refractivity contribution in [2.75, 3.05) is 5.73 Å². The Balaban J connectivity index is 2.67. The van der Waals surface area contributed by atoms with Gasteiger partial charge >= 0.3 is 0 Å². The summed E-state index contributed by atoms with van der Waals surface area (Å²) >= 11 is 1.85. The summed E-state index contributed by atoms with van der Waals surface area (Å²) in [5, 5.41) is 0.671. The highest BCUT2D eigenvalue weighted by Crippen LogP contribution is 2.30. The van der Waals surface area contributed by atoms with Gasteiger partial charge < -0.3 is 5.73 Å². The van der Waals surface area contributed by atoms with Crippen LogP contribution >= 0.6 is 11.8 Å². The Labute approximate surface area is 83.9 Å². The van der Waals surface area contributed by atoms with Gasteiger partial charge in [0.25, 0.3) is 0 Å². The molecule has 1 aromatic heterocycles. The van der Waals surface area contributed by atoms with E-state index in [4.69, 9.17) is 5.73 Å². The molecule has 0 aliphatic heterocycles. The maximum absolute atomic E-state index is 5.79. The number of nitrogen functional groups attached to an aromatic ring is 1. The van der Waals surface area contributed by atoms with Crippen LogP contribution in [0.15, 0.2) is 23.4 Å². The van der Waals surface area contributed by atoms with E-state index in [1.165, 1.54) is 12.8 Å². The summed E-state index contributed by atoms with van der Waals surface area (Å²) in [7, 11) is 0. The number of hydrogen-bond donors (Lipinski definition) is 1. The van der Waals surface area contributed by atoms with Crippen molar-refractivity contribution in [3.8, 4) is 0 Å². The Morgan fingerprint density at radius 2 is 2.15 bits per heavy atom. The molecule has 1 rings (SSSR count). The van der Waals surface area contributed by atoms with Crippen LogP contribution in [-0.2, 0) is 0 Å². The number of nitrogens with zero attached hydrogens (tertiary/aromatic N) is 1. The van der Waals surface area contributed by atoms with Gasteiger partial charge in [-0.2, -0.15) is 0 Å². The fraction of sp³-hybridized carbons (Fsp3) is 0.500. The van der Waals surface area contributed by atoms with Crippen LogP contribution in [0.1, 0.15) is 26.7 Å². The molecule has 0 saturated carbocycles. The molecule has 0 fully saturated rings. The molecule has 13 heavy (non-hydrogen) atoms. The van der Waals surface area contributed by atoms with Gasteiger partial charge in [-0.3, -0.25) is 4.98 Å². The predicted molar refractivity (Wildman–Crippen MR) is 58.9 cm³/mol. The van der Waals surface area contributed by atoms with Crippen LogP contribution in [0.4, 0.5) is 5.69 Å². The van der Waals surface area contributed by atoms with Crippen LogP contribution < -0.4 is 5.73 Å². The third kappa shape index (κ3) is 2.92. The first-order valence-corrected chi connectivity index (χ1v) is 5.52. The van der Waals surface area contributed by atoms with E-state index < -0.39 is 0 Å². The van der Waals surface area contributed by atoms with Crippen molar-refractivity contribution in [1.29, 1.82) is 0 Å². The first kappa shape index (κ1) is 10.4. The number of hydrogen-bond acceptors (Lipinski definition) is 3. The maximum atomic E-state index is 5.79. The van der Waals surface area contributed by atoms with E-state index in [1.807, 2.05) is 17.8 Å². The Kier molecular flexibility index (Phi) is 4.09. The molecule has 0 amide bonds. The molecule has 3 heteroatoms. The molecule has 0 saturated heterocycles. The van der Waals surface area contributed by atoms with E-state index in [0.29, 0.717) is 5.25 Å². The second-order valence-corrected chi connectivity index (χ2v) is 4.31. The van der Waals surface area contributed by atoms with Gasteiger partial charge in [0, 0.05) is 16.3 Å². The Bertz CT molecular complexity index is 259. The van der Waals surface area contributed by atoms with E-state index in [-0.39, 0.29) is 0 Å². The number of aromatic nitrogens is 1. The minimum Gasteiger partial charge on any atom is -0.397 e. The van der Waals surface area contributed by atoms with Crippen molar-refractivity contribution in [2.45, 2.75) is 36.8 Å². The second-order valence-electron chi connectivity index (χ2n) is 2.97. The molecule has 0 aliphatic rings. The highest BCUT2D eigenvalue weighted by molar-refractivity contribution is 8.00. The first-order valence-electron chi connectivity index (χ1n) is 4.64. The molecule has 0 bridgehead atoms. The average molecular weight is 196 g/mol. The van der Waals surface area contributed by atoms with Gasteiger partial charge in [0.2, 0.25) is 0 Å². The van der Waals surface area contributed by atoms with Gasteiger partial charge in [-0.25, -0.2) is 0 Å². The van der Waals surface area contributed by atoms with E-state index in [1.54, 1.807) is 12.4 Å². The van der Waals surface area contributed by atoms with Crippen LogP contribution in [0.25, 0.3) is 0 Å². The highest BCUT2D eigenvalue weighted by atomic mass is 32.2. The lowest BCUT2D eigenvalue weighted by molar-refractivity contribution is 0.792. The van der Waals surface area contributed by atoms with Gasteiger partial charge in [-0.1, -0.05) is 13.8 Å². The molecule has 0 aliphatic carbocycles. The maximum Gasteiger partial charge on any atom is 0.0638 e. The molecular formula is C10H16N2S. The average Bonchev–Trinajstić information content (AvgIpc) is 2.17. The standard InChI is InChI=1S/C10H16N2S/c1-3-8(4-2)13-10-5-6-12-7-9(10)11/h5-8H,3-4,11H2,1-2H3. The molecule has 0 atom stereocenters. The number of thioether (sulfide) groups is 1. The Hall–Kier alpha value is -0.700. The Morgan fingerprint density at radius 1 is 1.46 bits per heavy atom. The largest absolute Gasteiger partial charge is 0.397 e. The van der Waals surface area contributed by atoms with Gasteiger partial charge in [0.1, 0.15) is 0 Å². The smallest absolute Gasteiger partial charge is 0.0638 e. The topological polar surface area (TPSA) is 38.9 Å².